The molecule has 3 nitrogen and oxygen atoms in total. The Hall–Kier alpha value is -1.81. The summed E-state index contributed by atoms with van der Waals surface area (Å²) in [6.07, 6.45) is 0. The topological polar surface area (TPSA) is 37.4 Å². The molecule has 23 heavy (non-hydrogen) atoms. The highest BCUT2D eigenvalue weighted by Crippen LogP contribution is 2.37. The molecule has 0 spiro atoms. The Bertz CT molecular complexity index is 857. The minimum Gasteiger partial charge on any atom is -0.268 e. The molecule has 0 N–H and O–H groups in total. The molecule has 116 valence electrons. The normalized spacial score (nSPS) is 14.9. The van der Waals surface area contributed by atoms with Gasteiger partial charge in [0.05, 0.1) is 11.3 Å². The Balaban J connectivity index is 2.09. The van der Waals surface area contributed by atoms with Gasteiger partial charge in [0.15, 0.2) is 0 Å². The molecule has 1 aliphatic heterocycles. The summed E-state index contributed by atoms with van der Waals surface area (Å²) in [5, 5.41) is 0.851. The quantitative estimate of drug-likeness (QED) is 0.714. The molecule has 0 fully saturated rings. The standard InChI is InChI=1S/C17H10Cl3NO2/c1-9-2-5-12(19)8-13(9)21-16(22)14(15(20)17(21)23)10-3-6-11(18)7-4-10/h2-8H,1H3. The summed E-state index contributed by atoms with van der Waals surface area (Å²) in [7, 11) is 0. The van der Waals surface area contributed by atoms with Gasteiger partial charge in [0.25, 0.3) is 11.8 Å². The van der Waals surface area contributed by atoms with E-state index in [1.165, 1.54) is 0 Å². The zero-order chi connectivity index (χ0) is 16.7. The van der Waals surface area contributed by atoms with E-state index in [2.05, 4.69) is 0 Å². The third kappa shape index (κ3) is 2.76. The van der Waals surface area contributed by atoms with Crippen LogP contribution in [-0.2, 0) is 9.59 Å². The average molecular weight is 367 g/mol. The number of amides is 2. The number of halogens is 3. The molecular weight excluding hydrogens is 357 g/mol. The maximum Gasteiger partial charge on any atom is 0.277 e. The van der Waals surface area contributed by atoms with Gasteiger partial charge in [-0.15, -0.1) is 0 Å². The number of rotatable bonds is 2. The van der Waals surface area contributed by atoms with E-state index in [4.69, 9.17) is 34.8 Å². The third-order valence-electron chi connectivity index (χ3n) is 3.57. The van der Waals surface area contributed by atoms with E-state index in [1.54, 1.807) is 49.4 Å². The summed E-state index contributed by atoms with van der Waals surface area (Å²) in [6.45, 7) is 1.79. The first-order chi connectivity index (χ1) is 10.9. The van der Waals surface area contributed by atoms with Crippen LogP contribution in [0.2, 0.25) is 10.0 Å². The SMILES string of the molecule is Cc1ccc(Cl)cc1N1C(=O)C(Cl)=C(c2ccc(Cl)cc2)C1=O. The highest BCUT2D eigenvalue weighted by molar-refractivity contribution is 6.60. The average Bonchev–Trinajstić information content (AvgIpc) is 2.73. The maximum absolute atomic E-state index is 12.8. The lowest BCUT2D eigenvalue weighted by Crippen LogP contribution is -2.31. The first kappa shape index (κ1) is 16.1. The van der Waals surface area contributed by atoms with Gasteiger partial charge < -0.3 is 0 Å². The molecule has 0 aliphatic carbocycles. The van der Waals surface area contributed by atoms with Crippen LogP contribution < -0.4 is 4.90 Å². The Morgan fingerprint density at radius 3 is 2.09 bits per heavy atom. The van der Waals surface area contributed by atoms with Gasteiger partial charge in [0.1, 0.15) is 5.03 Å². The number of imide groups is 1. The Morgan fingerprint density at radius 2 is 1.43 bits per heavy atom. The van der Waals surface area contributed by atoms with E-state index >= 15 is 0 Å². The van der Waals surface area contributed by atoms with Crippen LogP contribution in [0.25, 0.3) is 5.57 Å². The Kier molecular flexibility index (Phi) is 4.19. The fourth-order valence-electron chi connectivity index (χ4n) is 2.41. The number of benzene rings is 2. The second-order valence-corrected chi connectivity index (χ2v) is 6.32. The molecule has 1 heterocycles. The maximum atomic E-state index is 12.8. The van der Waals surface area contributed by atoms with Gasteiger partial charge in [-0.3, -0.25) is 9.59 Å². The van der Waals surface area contributed by atoms with Crippen LogP contribution in [0.15, 0.2) is 47.5 Å². The smallest absolute Gasteiger partial charge is 0.268 e. The van der Waals surface area contributed by atoms with Gasteiger partial charge >= 0.3 is 0 Å². The summed E-state index contributed by atoms with van der Waals surface area (Å²) in [4.78, 5) is 26.3. The molecule has 3 rings (SSSR count). The summed E-state index contributed by atoms with van der Waals surface area (Å²) >= 11 is 18.0. The molecule has 2 aromatic rings. The predicted octanol–water partition coefficient (Wildman–Crippen LogP) is 4.83. The first-order valence-electron chi connectivity index (χ1n) is 6.71. The van der Waals surface area contributed by atoms with Crippen molar-refractivity contribution in [3.05, 3.63) is 68.7 Å². The lowest BCUT2D eigenvalue weighted by molar-refractivity contribution is -0.119. The molecule has 0 aromatic heterocycles. The van der Waals surface area contributed by atoms with Crippen molar-refractivity contribution in [1.82, 2.24) is 0 Å². The minimum absolute atomic E-state index is 0.114. The van der Waals surface area contributed by atoms with E-state index in [9.17, 15) is 9.59 Å². The van der Waals surface area contributed by atoms with E-state index in [-0.39, 0.29) is 10.6 Å². The van der Waals surface area contributed by atoms with Crippen LogP contribution in [-0.4, -0.2) is 11.8 Å². The minimum atomic E-state index is -0.563. The highest BCUT2D eigenvalue weighted by atomic mass is 35.5. The van der Waals surface area contributed by atoms with Gasteiger partial charge in [-0.25, -0.2) is 4.90 Å². The zero-order valence-corrected chi connectivity index (χ0v) is 14.2. The number of carbonyl (C=O) groups excluding carboxylic acids is 2. The van der Waals surface area contributed by atoms with Gasteiger partial charge in [-0.1, -0.05) is 53.0 Å². The van der Waals surface area contributed by atoms with Crippen LogP contribution in [0, 0.1) is 6.92 Å². The molecule has 0 bridgehead atoms. The third-order valence-corrected chi connectivity index (χ3v) is 4.41. The molecule has 0 radical (unpaired) electrons. The molecule has 6 heteroatoms. The van der Waals surface area contributed by atoms with Gasteiger partial charge in [-0.2, -0.15) is 0 Å². The molecule has 1 aliphatic rings. The summed E-state index contributed by atoms with van der Waals surface area (Å²) in [5.41, 5.74) is 1.88. The van der Waals surface area contributed by atoms with Crippen molar-refractivity contribution in [3.63, 3.8) is 0 Å². The predicted molar refractivity (Wildman–Crippen MR) is 92.9 cm³/mol. The molecule has 0 unspecified atom stereocenters. The Labute approximate surface area is 148 Å². The molecule has 2 aromatic carbocycles. The largest absolute Gasteiger partial charge is 0.277 e. The van der Waals surface area contributed by atoms with Crippen LogP contribution in [0.4, 0.5) is 5.69 Å². The number of anilines is 1. The number of nitrogens with zero attached hydrogens (tertiary/aromatic N) is 1. The van der Waals surface area contributed by atoms with Crippen molar-refractivity contribution in [2.24, 2.45) is 0 Å². The summed E-state index contributed by atoms with van der Waals surface area (Å²) < 4.78 is 0. The van der Waals surface area contributed by atoms with Crippen molar-refractivity contribution >= 4 is 57.9 Å². The van der Waals surface area contributed by atoms with Crippen molar-refractivity contribution < 1.29 is 9.59 Å². The van der Waals surface area contributed by atoms with E-state index in [0.29, 0.717) is 21.3 Å². The van der Waals surface area contributed by atoms with E-state index < -0.39 is 11.8 Å². The fourth-order valence-corrected chi connectivity index (χ4v) is 2.98. The van der Waals surface area contributed by atoms with Crippen LogP contribution in [0.3, 0.4) is 0 Å². The first-order valence-corrected chi connectivity index (χ1v) is 7.84. The number of hydrogen-bond donors (Lipinski definition) is 0. The number of carbonyl (C=O) groups is 2. The molecule has 2 amide bonds. The van der Waals surface area contributed by atoms with Crippen molar-refractivity contribution in [2.75, 3.05) is 4.90 Å². The van der Waals surface area contributed by atoms with Gasteiger partial charge in [-0.05, 0) is 42.3 Å². The zero-order valence-electron chi connectivity index (χ0n) is 11.9. The van der Waals surface area contributed by atoms with Gasteiger partial charge in [0.2, 0.25) is 0 Å². The van der Waals surface area contributed by atoms with Crippen LogP contribution in [0.1, 0.15) is 11.1 Å². The Morgan fingerprint density at radius 1 is 0.826 bits per heavy atom. The highest BCUT2D eigenvalue weighted by Gasteiger charge is 2.39. The van der Waals surface area contributed by atoms with Crippen LogP contribution >= 0.6 is 34.8 Å². The number of hydrogen-bond acceptors (Lipinski definition) is 2. The lowest BCUT2D eigenvalue weighted by Gasteiger charge is -2.17. The summed E-state index contributed by atoms with van der Waals surface area (Å²) in [6, 6.07) is 11.6. The molecule has 0 atom stereocenters. The van der Waals surface area contributed by atoms with Crippen LogP contribution in [0.5, 0.6) is 0 Å². The van der Waals surface area contributed by atoms with Crippen molar-refractivity contribution in [1.29, 1.82) is 0 Å². The van der Waals surface area contributed by atoms with Gasteiger partial charge in [0, 0.05) is 10.0 Å². The second kappa shape index (κ2) is 6.00. The van der Waals surface area contributed by atoms with E-state index in [1.807, 2.05) is 0 Å². The second-order valence-electron chi connectivity index (χ2n) is 5.07. The monoisotopic (exact) mass is 365 g/mol. The molecule has 0 saturated carbocycles. The molecular formula is C17H10Cl3NO2. The summed E-state index contributed by atoms with van der Waals surface area (Å²) in [5.74, 6) is -1.04. The van der Waals surface area contributed by atoms with E-state index in [0.717, 1.165) is 10.5 Å². The van der Waals surface area contributed by atoms with Crippen molar-refractivity contribution in [3.8, 4) is 0 Å². The lowest BCUT2D eigenvalue weighted by atomic mass is 10.1. The molecule has 0 saturated heterocycles. The van der Waals surface area contributed by atoms with Crippen molar-refractivity contribution in [2.45, 2.75) is 6.92 Å². The fraction of sp³-hybridized carbons (Fsp3) is 0.0588. The number of aryl methyl sites for hydroxylation is 1.